The molecule has 0 aliphatic carbocycles. The normalized spacial score (nSPS) is 16.7. The van der Waals surface area contributed by atoms with Crippen molar-refractivity contribution in [3.05, 3.63) is 58.9 Å². The van der Waals surface area contributed by atoms with Crippen molar-refractivity contribution in [3.63, 3.8) is 0 Å². The first-order valence-electron chi connectivity index (χ1n) is 8.67. The first-order chi connectivity index (χ1) is 13.0. The number of methoxy groups -OCH3 is 1. The molecule has 1 N–H and O–H groups in total. The predicted molar refractivity (Wildman–Crippen MR) is 102 cm³/mol. The number of carbonyl (C=O) groups excluding carboxylic acids is 2. The molecule has 1 aliphatic rings. The van der Waals surface area contributed by atoms with E-state index in [1.54, 1.807) is 23.1 Å². The fraction of sp³-hybridized carbons (Fsp3) is 0.300. The highest BCUT2D eigenvalue weighted by Gasteiger charge is 2.29. The summed E-state index contributed by atoms with van der Waals surface area (Å²) in [7, 11) is 1.52. The van der Waals surface area contributed by atoms with Crippen LogP contribution in [0.2, 0.25) is 5.02 Å². The number of piperidine rings is 1. The van der Waals surface area contributed by atoms with Crippen LogP contribution in [0.4, 0.5) is 10.1 Å². The molecule has 5 nitrogen and oxygen atoms in total. The van der Waals surface area contributed by atoms with Crippen LogP contribution in [0, 0.1) is 11.7 Å². The zero-order chi connectivity index (χ0) is 19.4. The Hall–Kier alpha value is -2.60. The van der Waals surface area contributed by atoms with Gasteiger partial charge < -0.3 is 15.0 Å². The first kappa shape index (κ1) is 19.2. The molecule has 2 aromatic carbocycles. The molecule has 27 heavy (non-hydrogen) atoms. The summed E-state index contributed by atoms with van der Waals surface area (Å²) in [4.78, 5) is 27.0. The van der Waals surface area contributed by atoms with Gasteiger partial charge in [0.25, 0.3) is 5.91 Å². The highest BCUT2D eigenvalue weighted by molar-refractivity contribution is 6.31. The quantitative estimate of drug-likeness (QED) is 0.859. The number of hydrogen-bond donors (Lipinski definition) is 1. The second-order valence-electron chi connectivity index (χ2n) is 6.43. The van der Waals surface area contributed by atoms with Gasteiger partial charge in [-0.3, -0.25) is 9.59 Å². The van der Waals surface area contributed by atoms with Crippen LogP contribution in [0.5, 0.6) is 5.75 Å². The number of anilines is 1. The Kier molecular flexibility index (Phi) is 5.96. The number of rotatable bonds is 4. The number of likely N-dealkylation sites (tertiary alicyclic amines) is 1. The third-order valence-corrected chi connectivity index (χ3v) is 4.83. The van der Waals surface area contributed by atoms with Gasteiger partial charge in [0.15, 0.2) is 0 Å². The molecule has 2 aromatic rings. The van der Waals surface area contributed by atoms with Crippen molar-refractivity contribution >= 4 is 29.1 Å². The second-order valence-corrected chi connectivity index (χ2v) is 6.87. The summed E-state index contributed by atoms with van der Waals surface area (Å²) < 4.78 is 18.3. The molecule has 0 saturated carbocycles. The molecule has 0 radical (unpaired) electrons. The van der Waals surface area contributed by atoms with E-state index in [0.717, 1.165) is 6.42 Å². The number of benzene rings is 2. The lowest BCUT2D eigenvalue weighted by Gasteiger charge is -2.32. The summed E-state index contributed by atoms with van der Waals surface area (Å²) in [5.74, 6) is -0.604. The minimum atomic E-state index is -0.391. The molecular weight excluding hydrogens is 371 g/mol. The minimum Gasteiger partial charge on any atom is -0.495 e. The molecule has 0 aromatic heterocycles. The van der Waals surface area contributed by atoms with Crippen LogP contribution < -0.4 is 10.1 Å². The Morgan fingerprint density at radius 1 is 1.22 bits per heavy atom. The monoisotopic (exact) mass is 390 g/mol. The van der Waals surface area contributed by atoms with Crippen LogP contribution in [0.25, 0.3) is 0 Å². The van der Waals surface area contributed by atoms with Crippen molar-refractivity contribution in [2.75, 3.05) is 25.5 Å². The van der Waals surface area contributed by atoms with Gasteiger partial charge in [0, 0.05) is 23.7 Å². The van der Waals surface area contributed by atoms with Gasteiger partial charge >= 0.3 is 0 Å². The van der Waals surface area contributed by atoms with Gasteiger partial charge in [0.1, 0.15) is 11.6 Å². The highest BCUT2D eigenvalue weighted by atomic mass is 35.5. The number of hydrogen-bond acceptors (Lipinski definition) is 3. The number of carbonyl (C=O) groups is 2. The Morgan fingerprint density at radius 2 is 1.96 bits per heavy atom. The molecule has 0 bridgehead atoms. The van der Waals surface area contributed by atoms with Crippen molar-refractivity contribution in [1.82, 2.24) is 4.90 Å². The molecule has 3 rings (SSSR count). The number of ether oxygens (including phenoxy) is 1. The molecule has 7 heteroatoms. The molecular formula is C20H20ClFN2O3. The molecule has 1 heterocycles. The van der Waals surface area contributed by atoms with Crippen LogP contribution in [-0.4, -0.2) is 36.9 Å². The lowest BCUT2D eigenvalue weighted by molar-refractivity contribution is -0.121. The van der Waals surface area contributed by atoms with Crippen LogP contribution in [0.1, 0.15) is 23.2 Å². The number of halogens is 2. The molecule has 1 fully saturated rings. The average Bonchev–Trinajstić information content (AvgIpc) is 2.68. The van der Waals surface area contributed by atoms with Crippen molar-refractivity contribution in [3.8, 4) is 5.75 Å². The van der Waals surface area contributed by atoms with E-state index in [-0.39, 0.29) is 17.7 Å². The Balaban J connectivity index is 1.68. The Labute approximate surface area is 162 Å². The average molecular weight is 391 g/mol. The summed E-state index contributed by atoms with van der Waals surface area (Å²) >= 11 is 6.00. The molecule has 142 valence electrons. The number of nitrogens with one attached hydrogen (secondary N) is 1. The van der Waals surface area contributed by atoms with Crippen LogP contribution in [0.15, 0.2) is 42.5 Å². The van der Waals surface area contributed by atoms with Crippen molar-refractivity contribution in [1.29, 1.82) is 0 Å². The van der Waals surface area contributed by atoms with E-state index in [4.69, 9.17) is 16.3 Å². The third kappa shape index (κ3) is 4.57. The van der Waals surface area contributed by atoms with Gasteiger partial charge in [-0.1, -0.05) is 11.6 Å². The van der Waals surface area contributed by atoms with E-state index in [1.165, 1.54) is 31.4 Å². The van der Waals surface area contributed by atoms with Gasteiger partial charge in [0.2, 0.25) is 5.91 Å². The molecule has 1 saturated heterocycles. The Bertz CT molecular complexity index is 842. The molecule has 0 unspecified atom stereocenters. The third-order valence-electron chi connectivity index (χ3n) is 4.59. The maximum Gasteiger partial charge on any atom is 0.253 e. The lowest BCUT2D eigenvalue weighted by atomic mass is 9.96. The molecule has 2 amide bonds. The van der Waals surface area contributed by atoms with Crippen LogP contribution in [-0.2, 0) is 4.79 Å². The van der Waals surface area contributed by atoms with E-state index in [9.17, 15) is 14.0 Å². The molecule has 1 aliphatic heterocycles. The SMILES string of the molecule is COc1ccc(Cl)cc1NC(=O)[C@@H]1CCCN(C(=O)c2ccc(F)cc2)C1. The smallest absolute Gasteiger partial charge is 0.253 e. The fourth-order valence-corrected chi connectivity index (χ4v) is 3.34. The molecule has 0 spiro atoms. The van der Waals surface area contributed by atoms with E-state index < -0.39 is 5.82 Å². The zero-order valence-electron chi connectivity index (χ0n) is 14.9. The predicted octanol–water partition coefficient (Wildman–Crippen LogP) is 3.98. The summed E-state index contributed by atoms with van der Waals surface area (Å²) in [5.41, 5.74) is 0.908. The van der Waals surface area contributed by atoms with Gasteiger partial charge in [0.05, 0.1) is 18.7 Å². The standard InChI is InChI=1S/C20H20ClFN2O3/c1-27-18-9-6-15(21)11-17(18)23-19(25)14-3-2-10-24(12-14)20(26)13-4-7-16(22)8-5-13/h4-9,11,14H,2-3,10,12H2,1H3,(H,23,25)/t14-/m1/s1. The summed E-state index contributed by atoms with van der Waals surface area (Å²) in [6.07, 6.45) is 1.40. The first-order valence-corrected chi connectivity index (χ1v) is 9.05. The summed E-state index contributed by atoms with van der Waals surface area (Å²) in [6, 6.07) is 10.4. The van der Waals surface area contributed by atoms with Crippen molar-refractivity contribution in [2.45, 2.75) is 12.8 Å². The summed E-state index contributed by atoms with van der Waals surface area (Å²) in [5, 5.41) is 3.33. The zero-order valence-corrected chi connectivity index (χ0v) is 15.6. The maximum absolute atomic E-state index is 13.1. The van der Waals surface area contributed by atoms with E-state index in [0.29, 0.717) is 41.5 Å². The van der Waals surface area contributed by atoms with Crippen molar-refractivity contribution in [2.24, 2.45) is 5.92 Å². The molecule has 1 atom stereocenters. The lowest BCUT2D eigenvalue weighted by Crippen LogP contribution is -2.43. The van der Waals surface area contributed by atoms with E-state index >= 15 is 0 Å². The minimum absolute atomic E-state index is 0.188. The largest absolute Gasteiger partial charge is 0.495 e. The van der Waals surface area contributed by atoms with Crippen molar-refractivity contribution < 1.29 is 18.7 Å². The van der Waals surface area contributed by atoms with Gasteiger partial charge in [-0.2, -0.15) is 0 Å². The van der Waals surface area contributed by atoms with Gasteiger partial charge in [-0.05, 0) is 55.3 Å². The van der Waals surface area contributed by atoms with E-state index in [1.807, 2.05) is 0 Å². The fourth-order valence-electron chi connectivity index (χ4n) is 3.16. The van der Waals surface area contributed by atoms with Gasteiger partial charge in [-0.25, -0.2) is 4.39 Å². The Morgan fingerprint density at radius 3 is 2.67 bits per heavy atom. The number of amides is 2. The topological polar surface area (TPSA) is 58.6 Å². The number of nitrogens with zero attached hydrogens (tertiary/aromatic N) is 1. The second kappa shape index (κ2) is 8.39. The van der Waals surface area contributed by atoms with Crippen LogP contribution in [0.3, 0.4) is 0 Å². The van der Waals surface area contributed by atoms with Crippen LogP contribution >= 0.6 is 11.6 Å². The summed E-state index contributed by atoms with van der Waals surface area (Å²) in [6.45, 7) is 0.880. The van der Waals surface area contributed by atoms with Gasteiger partial charge in [-0.15, -0.1) is 0 Å². The maximum atomic E-state index is 13.1. The van der Waals surface area contributed by atoms with E-state index in [2.05, 4.69) is 5.32 Å². The highest BCUT2D eigenvalue weighted by Crippen LogP contribution is 2.29.